The summed E-state index contributed by atoms with van der Waals surface area (Å²) in [6.45, 7) is 1.71. The summed E-state index contributed by atoms with van der Waals surface area (Å²) in [7, 11) is -4.02. The molecule has 10 heteroatoms. The Kier molecular flexibility index (Phi) is 8.54. The molecular weight excluding hydrogens is 514 g/mol. The van der Waals surface area contributed by atoms with Crippen molar-refractivity contribution < 1.29 is 22.8 Å². The molecule has 1 aliphatic heterocycles. The van der Waals surface area contributed by atoms with E-state index in [2.05, 4.69) is 5.32 Å². The maximum absolute atomic E-state index is 13.5. The number of hydrogen-bond donors (Lipinski definition) is 1. The highest BCUT2D eigenvalue weighted by Gasteiger charge is 2.41. The van der Waals surface area contributed by atoms with Crippen LogP contribution in [0.1, 0.15) is 67.8 Å². The first kappa shape index (κ1) is 27.1. The van der Waals surface area contributed by atoms with Crippen molar-refractivity contribution in [3.63, 3.8) is 0 Å². The van der Waals surface area contributed by atoms with Gasteiger partial charge >= 0.3 is 0 Å². The molecule has 0 saturated heterocycles. The van der Waals surface area contributed by atoms with Gasteiger partial charge in [0.25, 0.3) is 15.9 Å². The predicted molar refractivity (Wildman–Crippen MR) is 140 cm³/mol. The molecule has 0 radical (unpaired) electrons. The van der Waals surface area contributed by atoms with Crippen molar-refractivity contribution in [2.75, 3.05) is 6.54 Å². The Balaban J connectivity index is 1.52. The lowest BCUT2D eigenvalue weighted by atomic mass is 9.95. The second-order valence-electron chi connectivity index (χ2n) is 9.54. The van der Waals surface area contributed by atoms with Crippen LogP contribution in [0.2, 0.25) is 5.02 Å². The van der Waals surface area contributed by atoms with E-state index in [1.807, 2.05) is 6.92 Å². The van der Waals surface area contributed by atoms with Gasteiger partial charge in [-0.3, -0.25) is 14.4 Å². The Morgan fingerprint density at radius 2 is 1.76 bits per heavy atom. The zero-order chi connectivity index (χ0) is 26.6. The lowest BCUT2D eigenvalue weighted by Gasteiger charge is -2.33. The third-order valence-corrected chi connectivity index (χ3v) is 9.14. The number of benzene rings is 2. The molecule has 8 nitrogen and oxygen atoms in total. The molecule has 2 aromatic rings. The summed E-state index contributed by atoms with van der Waals surface area (Å²) < 4.78 is 26.6. The number of carbonyl (C=O) groups excluding carboxylic acids is 3. The van der Waals surface area contributed by atoms with Gasteiger partial charge in [-0.1, -0.05) is 62.1 Å². The molecule has 2 aliphatic rings. The Hall–Kier alpha value is -2.91. The van der Waals surface area contributed by atoms with Crippen molar-refractivity contribution in [3.8, 4) is 0 Å². The number of hydrogen-bond acceptors (Lipinski definition) is 5. The predicted octanol–water partition coefficient (Wildman–Crippen LogP) is 4.13. The Bertz CT molecular complexity index is 1260. The first-order chi connectivity index (χ1) is 17.7. The summed E-state index contributed by atoms with van der Waals surface area (Å²) in [4.78, 5) is 41.1. The molecule has 1 saturated carbocycles. The lowest BCUT2D eigenvalue weighted by Crippen LogP contribution is -2.52. The number of nitrogens with one attached hydrogen (secondary N) is 1. The van der Waals surface area contributed by atoms with Gasteiger partial charge in [0.05, 0.1) is 5.56 Å². The molecule has 3 amide bonds. The number of nitrogens with zero attached hydrogens (tertiary/aromatic N) is 2. The molecule has 1 N–H and O–H groups in total. The van der Waals surface area contributed by atoms with Crippen LogP contribution in [0.5, 0.6) is 0 Å². The molecule has 1 unspecified atom stereocenters. The van der Waals surface area contributed by atoms with Gasteiger partial charge in [0.1, 0.15) is 10.9 Å². The van der Waals surface area contributed by atoms with Gasteiger partial charge < -0.3 is 10.2 Å². The molecule has 0 spiro atoms. The van der Waals surface area contributed by atoms with Gasteiger partial charge in [-0.05, 0) is 49.1 Å². The van der Waals surface area contributed by atoms with Crippen LogP contribution in [-0.2, 0) is 26.2 Å². The maximum atomic E-state index is 13.5. The van der Waals surface area contributed by atoms with Gasteiger partial charge in [-0.25, -0.2) is 12.7 Å². The van der Waals surface area contributed by atoms with Crippen molar-refractivity contribution in [1.82, 2.24) is 14.5 Å². The Morgan fingerprint density at radius 1 is 1.08 bits per heavy atom. The Labute approximate surface area is 223 Å². The van der Waals surface area contributed by atoms with Gasteiger partial charge in [-0.15, -0.1) is 0 Å². The fourth-order valence-electron chi connectivity index (χ4n) is 5.04. The van der Waals surface area contributed by atoms with Crippen LogP contribution in [0.4, 0.5) is 0 Å². The number of rotatable bonds is 9. The second-order valence-corrected chi connectivity index (χ2v) is 11.8. The van der Waals surface area contributed by atoms with E-state index in [-0.39, 0.29) is 41.9 Å². The van der Waals surface area contributed by atoms with Crippen LogP contribution in [0.15, 0.2) is 53.4 Å². The first-order valence-electron chi connectivity index (χ1n) is 12.7. The van der Waals surface area contributed by atoms with E-state index in [1.165, 1.54) is 17.0 Å². The average Bonchev–Trinajstić information content (AvgIpc) is 3.09. The topological polar surface area (TPSA) is 104 Å². The molecule has 0 bridgehead atoms. The van der Waals surface area contributed by atoms with Crippen LogP contribution in [0.25, 0.3) is 0 Å². The van der Waals surface area contributed by atoms with Crippen LogP contribution in [0.3, 0.4) is 0 Å². The number of fused-ring (bicyclic) bond motifs is 1. The van der Waals surface area contributed by atoms with E-state index in [9.17, 15) is 22.8 Å². The minimum Gasteiger partial charge on any atom is -0.352 e. The fourth-order valence-corrected chi connectivity index (χ4v) is 6.74. The number of amides is 3. The Morgan fingerprint density at radius 3 is 2.41 bits per heavy atom. The fraction of sp³-hybridized carbons (Fsp3) is 0.444. The minimum atomic E-state index is -4.02. The zero-order valence-electron chi connectivity index (χ0n) is 20.9. The summed E-state index contributed by atoms with van der Waals surface area (Å²) >= 11 is 6.02. The van der Waals surface area contributed by atoms with E-state index in [4.69, 9.17) is 11.6 Å². The van der Waals surface area contributed by atoms with E-state index in [1.54, 1.807) is 36.4 Å². The van der Waals surface area contributed by atoms with E-state index in [0.717, 1.165) is 42.0 Å². The molecule has 2 aromatic carbocycles. The molecule has 4 rings (SSSR count). The zero-order valence-corrected chi connectivity index (χ0v) is 22.4. The summed E-state index contributed by atoms with van der Waals surface area (Å²) in [5.74, 6) is -1.26. The maximum Gasteiger partial charge on any atom is 0.269 e. The quantitative estimate of drug-likeness (QED) is 0.510. The highest BCUT2D eigenvalue weighted by atomic mass is 35.5. The normalized spacial score (nSPS) is 17.8. The molecule has 1 aliphatic carbocycles. The van der Waals surface area contributed by atoms with Gasteiger partial charge in [-0.2, -0.15) is 0 Å². The van der Waals surface area contributed by atoms with Gasteiger partial charge in [0.2, 0.25) is 11.8 Å². The lowest BCUT2D eigenvalue weighted by molar-refractivity contribution is -0.141. The SMILES string of the molecule is CCC(C(=O)NC1CCCCC1)N(Cc1ccc(Cl)cc1)C(=O)CCN1C(=O)c2ccccc2S1(=O)=O. The van der Waals surface area contributed by atoms with Crippen molar-refractivity contribution in [2.24, 2.45) is 0 Å². The minimum absolute atomic E-state index is 0.0521. The molecule has 1 heterocycles. The smallest absolute Gasteiger partial charge is 0.269 e. The first-order valence-corrected chi connectivity index (χ1v) is 14.5. The number of sulfonamides is 1. The van der Waals surface area contributed by atoms with Crippen molar-refractivity contribution >= 4 is 39.3 Å². The van der Waals surface area contributed by atoms with E-state index < -0.39 is 27.9 Å². The number of halogens is 1. The van der Waals surface area contributed by atoms with Crippen LogP contribution < -0.4 is 5.32 Å². The molecule has 37 heavy (non-hydrogen) atoms. The molecule has 1 fully saturated rings. The molecule has 1 atom stereocenters. The summed E-state index contributed by atoms with van der Waals surface area (Å²) in [6, 6.07) is 12.4. The summed E-state index contributed by atoms with van der Waals surface area (Å²) in [6.07, 6.45) is 5.29. The highest BCUT2D eigenvalue weighted by Crippen LogP contribution is 2.30. The largest absolute Gasteiger partial charge is 0.352 e. The highest BCUT2D eigenvalue weighted by molar-refractivity contribution is 7.90. The van der Waals surface area contributed by atoms with E-state index in [0.29, 0.717) is 11.4 Å². The summed E-state index contributed by atoms with van der Waals surface area (Å²) in [5, 5.41) is 3.67. The monoisotopic (exact) mass is 545 g/mol. The van der Waals surface area contributed by atoms with Gasteiger partial charge in [0, 0.05) is 30.6 Å². The van der Waals surface area contributed by atoms with Crippen molar-refractivity contribution in [1.29, 1.82) is 0 Å². The van der Waals surface area contributed by atoms with Gasteiger partial charge in [0.15, 0.2) is 0 Å². The average molecular weight is 546 g/mol. The van der Waals surface area contributed by atoms with E-state index >= 15 is 0 Å². The molecular formula is C27H32ClN3O5S. The molecule has 198 valence electrons. The molecule has 0 aromatic heterocycles. The number of carbonyl (C=O) groups is 3. The summed E-state index contributed by atoms with van der Waals surface area (Å²) in [5.41, 5.74) is 0.894. The van der Waals surface area contributed by atoms with Crippen LogP contribution in [0, 0.1) is 0 Å². The second kappa shape index (κ2) is 11.6. The van der Waals surface area contributed by atoms with Crippen molar-refractivity contribution in [3.05, 3.63) is 64.7 Å². The van der Waals surface area contributed by atoms with Crippen molar-refractivity contribution in [2.45, 2.75) is 75.4 Å². The van der Waals surface area contributed by atoms with Crippen LogP contribution >= 0.6 is 11.6 Å². The third kappa shape index (κ3) is 5.99. The van der Waals surface area contributed by atoms with Crippen LogP contribution in [-0.4, -0.2) is 54.0 Å². The third-order valence-electron chi connectivity index (χ3n) is 7.04. The standard InChI is InChI=1S/C27H32ClN3O5S/c1-2-23(26(33)29-21-8-4-3-5-9-21)30(18-19-12-14-20(28)15-13-19)25(32)16-17-31-27(34)22-10-6-7-11-24(22)37(31,35)36/h6-7,10-15,21,23H,2-5,8-9,16-18H2,1H3,(H,29,33).